The fourth-order valence-electron chi connectivity index (χ4n) is 5.55. The highest BCUT2D eigenvalue weighted by molar-refractivity contribution is 5.99. The van der Waals surface area contributed by atoms with Crippen molar-refractivity contribution in [3.8, 4) is 0 Å². The lowest BCUT2D eigenvalue weighted by Crippen LogP contribution is -2.51. The summed E-state index contributed by atoms with van der Waals surface area (Å²) in [5, 5.41) is 0. The average molecular weight is 376 g/mol. The number of rotatable bonds is 2. The van der Waals surface area contributed by atoms with Gasteiger partial charge in [0.25, 0.3) is 0 Å². The van der Waals surface area contributed by atoms with E-state index >= 15 is 0 Å². The minimum atomic E-state index is -1.21. The number of carbonyl (C=O) groups excluding carboxylic acids is 2. The molecule has 0 N–H and O–H groups in total. The van der Waals surface area contributed by atoms with E-state index in [9.17, 15) is 9.59 Å². The Morgan fingerprint density at radius 3 is 2.63 bits per heavy atom. The fourth-order valence-corrected chi connectivity index (χ4v) is 5.55. The van der Waals surface area contributed by atoms with Gasteiger partial charge >= 0.3 is 5.97 Å². The van der Waals surface area contributed by atoms with E-state index in [4.69, 9.17) is 18.9 Å². The van der Waals surface area contributed by atoms with Gasteiger partial charge in [-0.2, -0.15) is 0 Å². The van der Waals surface area contributed by atoms with E-state index in [0.29, 0.717) is 18.6 Å². The Morgan fingerprint density at radius 2 is 2.00 bits per heavy atom. The SMILES string of the molecule is C/C=C(/C)[C@@]1(OC)O[C@H]2C[C@@]3(C)OC(=CC3=O)[C@@H](C)C[C@H]3OC(=O)[C@@]1(C)[C@H]23. The van der Waals surface area contributed by atoms with Crippen molar-refractivity contribution in [2.75, 3.05) is 7.11 Å². The molecule has 3 fully saturated rings. The fraction of sp³-hybridized carbons (Fsp3) is 0.714. The molecular weight excluding hydrogens is 348 g/mol. The van der Waals surface area contributed by atoms with Gasteiger partial charge < -0.3 is 18.9 Å². The predicted molar refractivity (Wildman–Crippen MR) is 96.5 cm³/mol. The summed E-state index contributed by atoms with van der Waals surface area (Å²) in [6.45, 7) is 9.49. The van der Waals surface area contributed by atoms with Crippen LogP contribution in [0.4, 0.5) is 0 Å². The molecule has 3 saturated heterocycles. The van der Waals surface area contributed by atoms with Crippen molar-refractivity contribution in [1.82, 2.24) is 0 Å². The maximum Gasteiger partial charge on any atom is 0.318 e. The number of allylic oxidation sites excluding steroid dienone is 2. The van der Waals surface area contributed by atoms with Crippen molar-refractivity contribution in [3.63, 3.8) is 0 Å². The maximum atomic E-state index is 13.1. The highest BCUT2D eigenvalue weighted by atomic mass is 16.7. The zero-order chi connectivity index (χ0) is 19.8. The number of fused-ring (bicyclic) bond motifs is 2. The van der Waals surface area contributed by atoms with Crippen LogP contribution in [0.1, 0.15) is 47.5 Å². The Balaban J connectivity index is 1.87. The highest BCUT2D eigenvalue weighted by Crippen LogP contribution is 2.62. The molecule has 0 spiro atoms. The summed E-state index contributed by atoms with van der Waals surface area (Å²) in [5.74, 6) is -1.11. The van der Waals surface area contributed by atoms with Gasteiger partial charge in [-0.15, -0.1) is 0 Å². The van der Waals surface area contributed by atoms with E-state index in [-0.39, 0.29) is 29.7 Å². The Bertz CT molecular complexity index is 769. The molecule has 2 bridgehead atoms. The molecule has 7 atom stereocenters. The molecule has 0 radical (unpaired) electrons. The van der Waals surface area contributed by atoms with Crippen LogP contribution in [0.3, 0.4) is 0 Å². The summed E-state index contributed by atoms with van der Waals surface area (Å²) >= 11 is 0. The molecule has 4 aliphatic heterocycles. The van der Waals surface area contributed by atoms with Crippen molar-refractivity contribution in [2.24, 2.45) is 17.3 Å². The quantitative estimate of drug-likeness (QED) is 0.545. The summed E-state index contributed by atoms with van der Waals surface area (Å²) < 4.78 is 24.4. The largest absolute Gasteiger partial charge is 0.483 e. The van der Waals surface area contributed by atoms with E-state index in [0.717, 1.165) is 5.57 Å². The van der Waals surface area contributed by atoms with Crippen LogP contribution in [0.25, 0.3) is 0 Å². The van der Waals surface area contributed by atoms with E-state index < -0.39 is 22.9 Å². The van der Waals surface area contributed by atoms with Gasteiger partial charge in [-0.3, -0.25) is 9.59 Å². The lowest BCUT2D eigenvalue weighted by atomic mass is 9.66. The standard InChI is InChI=1S/C21H28O6/c1-7-12(3)21(24-6)20(5)17-14(25-18(20)23)8-11(2)13-9-16(22)19(4,26-13)10-15(17)27-21/h7,9,11,14-15,17H,8,10H2,1-6H3/b12-7-/t11-,14+,15-,17-,19+,20+,21+/m0/s1. The molecule has 0 unspecified atom stereocenters. The van der Waals surface area contributed by atoms with Gasteiger partial charge in [-0.25, -0.2) is 0 Å². The maximum absolute atomic E-state index is 13.1. The normalized spacial score (nSPS) is 49.0. The van der Waals surface area contributed by atoms with Crippen molar-refractivity contribution >= 4 is 11.8 Å². The first-order valence-electron chi connectivity index (χ1n) is 9.65. The summed E-state index contributed by atoms with van der Waals surface area (Å²) in [6.07, 6.45) is 3.75. The molecule has 0 aliphatic carbocycles. The zero-order valence-corrected chi connectivity index (χ0v) is 16.8. The molecule has 4 aliphatic rings. The number of ether oxygens (including phenoxy) is 4. The number of carbonyl (C=O) groups is 2. The number of ketones is 1. The van der Waals surface area contributed by atoms with Crippen molar-refractivity contribution in [1.29, 1.82) is 0 Å². The molecule has 0 saturated carbocycles. The van der Waals surface area contributed by atoms with Crippen LogP contribution in [0.5, 0.6) is 0 Å². The van der Waals surface area contributed by atoms with Gasteiger partial charge in [-0.1, -0.05) is 13.0 Å². The Hall–Kier alpha value is -1.66. The zero-order valence-electron chi connectivity index (χ0n) is 16.8. The second-order valence-electron chi connectivity index (χ2n) is 8.71. The van der Waals surface area contributed by atoms with E-state index in [1.807, 2.05) is 33.8 Å². The van der Waals surface area contributed by atoms with Crippen molar-refractivity contribution in [2.45, 2.75) is 71.1 Å². The van der Waals surface area contributed by atoms with Crippen LogP contribution >= 0.6 is 0 Å². The van der Waals surface area contributed by atoms with E-state index in [1.54, 1.807) is 20.1 Å². The average Bonchev–Trinajstić information content (AvgIpc) is 3.16. The van der Waals surface area contributed by atoms with Crippen LogP contribution in [0, 0.1) is 17.3 Å². The third kappa shape index (κ3) is 2.14. The molecule has 0 aromatic carbocycles. The number of methoxy groups -OCH3 is 1. The lowest BCUT2D eigenvalue weighted by Gasteiger charge is -2.38. The third-order valence-corrected chi connectivity index (χ3v) is 7.19. The van der Waals surface area contributed by atoms with Crippen LogP contribution < -0.4 is 0 Å². The summed E-state index contributed by atoms with van der Waals surface area (Å²) in [5.41, 5.74) is -1.14. The molecule has 6 heteroatoms. The third-order valence-electron chi connectivity index (χ3n) is 7.19. The van der Waals surface area contributed by atoms with Gasteiger partial charge in [0.15, 0.2) is 5.60 Å². The second kappa shape index (κ2) is 5.67. The first-order valence-corrected chi connectivity index (χ1v) is 9.65. The molecule has 4 heterocycles. The topological polar surface area (TPSA) is 71.1 Å². The number of esters is 1. The van der Waals surface area contributed by atoms with Crippen molar-refractivity contribution < 1.29 is 28.5 Å². The van der Waals surface area contributed by atoms with Crippen LogP contribution in [-0.2, 0) is 28.5 Å². The Kier molecular flexibility index (Phi) is 3.93. The van der Waals surface area contributed by atoms with Crippen molar-refractivity contribution in [3.05, 3.63) is 23.5 Å². The summed E-state index contributed by atoms with van der Waals surface area (Å²) in [4.78, 5) is 25.8. The molecule has 6 nitrogen and oxygen atoms in total. The first-order chi connectivity index (χ1) is 12.6. The van der Waals surface area contributed by atoms with Crippen LogP contribution in [-0.4, -0.2) is 42.5 Å². The van der Waals surface area contributed by atoms with Gasteiger partial charge in [0.2, 0.25) is 11.6 Å². The molecular formula is C21H28O6. The van der Waals surface area contributed by atoms with E-state index in [2.05, 4.69) is 0 Å². The highest BCUT2D eigenvalue weighted by Gasteiger charge is 2.75. The summed E-state index contributed by atoms with van der Waals surface area (Å²) in [6, 6.07) is 0. The summed E-state index contributed by atoms with van der Waals surface area (Å²) in [7, 11) is 1.56. The lowest BCUT2D eigenvalue weighted by molar-refractivity contribution is -0.234. The van der Waals surface area contributed by atoms with E-state index in [1.165, 1.54) is 0 Å². The molecule has 4 rings (SSSR count). The van der Waals surface area contributed by atoms with Gasteiger partial charge in [-0.05, 0) is 39.7 Å². The minimum absolute atomic E-state index is 0.0185. The van der Waals surface area contributed by atoms with Crippen LogP contribution in [0.2, 0.25) is 0 Å². The van der Waals surface area contributed by atoms with Gasteiger partial charge in [0.1, 0.15) is 17.3 Å². The Labute approximate surface area is 159 Å². The molecule has 0 aromatic rings. The minimum Gasteiger partial charge on any atom is -0.483 e. The van der Waals surface area contributed by atoms with Gasteiger partial charge in [0.05, 0.1) is 6.10 Å². The second-order valence-corrected chi connectivity index (χ2v) is 8.71. The monoisotopic (exact) mass is 376 g/mol. The predicted octanol–water partition coefficient (Wildman–Crippen LogP) is 2.91. The number of hydrogen-bond donors (Lipinski definition) is 0. The first kappa shape index (κ1) is 18.7. The molecule has 0 amide bonds. The molecule has 0 aromatic heterocycles. The Morgan fingerprint density at radius 1 is 1.30 bits per heavy atom. The van der Waals surface area contributed by atoms with Crippen LogP contribution in [0.15, 0.2) is 23.5 Å². The molecule has 148 valence electrons. The number of hydrogen-bond acceptors (Lipinski definition) is 6. The smallest absolute Gasteiger partial charge is 0.318 e. The van der Waals surface area contributed by atoms with Gasteiger partial charge in [0, 0.05) is 31.4 Å². The molecule has 27 heavy (non-hydrogen) atoms.